The molecule has 0 spiro atoms. The first-order chi connectivity index (χ1) is 10.0. The summed E-state index contributed by atoms with van der Waals surface area (Å²) in [6.07, 6.45) is 1.69. The SMILES string of the molecule is Cc1ccc(NC(=O)c2c[nH]c3ccc(Cl)cc23)cc1Br. The van der Waals surface area contributed by atoms with Crippen LogP contribution in [0.3, 0.4) is 0 Å². The number of benzene rings is 2. The van der Waals surface area contributed by atoms with Crippen molar-refractivity contribution in [1.29, 1.82) is 0 Å². The maximum atomic E-state index is 12.4. The Labute approximate surface area is 135 Å². The molecule has 0 radical (unpaired) electrons. The lowest BCUT2D eigenvalue weighted by Crippen LogP contribution is -2.11. The highest BCUT2D eigenvalue weighted by molar-refractivity contribution is 9.10. The van der Waals surface area contributed by atoms with Gasteiger partial charge < -0.3 is 10.3 Å². The molecule has 1 aromatic heterocycles. The first-order valence-corrected chi connectivity index (χ1v) is 7.56. The molecule has 106 valence electrons. The van der Waals surface area contributed by atoms with E-state index in [9.17, 15) is 4.79 Å². The summed E-state index contributed by atoms with van der Waals surface area (Å²) >= 11 is 9.46. The van der Waals surface area contributed by atoms with Crippen molar-refractivity contribution in [3.63, 3.8) is 0 Å². The molecule has 3 rings (SSSR count). The van der Waals surface area contributed by atoms with Crippen LogP contribution < -0.4 is 5.32 Å². The Hall–Kier alpha value is -1.78. The first-order valence-electron chi connectivity index (χ1n) is 6.39. The number of aromatic nitrogens is 1. The number of amides is 1. The first kappa shape index (κ1) is 14.2. The normalized spacial score (nSPS) is 10.8. The highest BCUT2D eigenvalue weighted by Gasteiger charge is 2.13. The average Bonchev–Trinajstić information content (AvgIpc) is 2.86. The molecule has 0 aliphatic heterocycles. The molecule has 0 aliphatic rings. The van der Waals surface area contributed by atoms with Crippen molar-refractivity contribution in [2.24, 2.45) is 0 Å². The van der Waals surface area contributed by atoms with Crippen LogP contribution in [-0.4, -0.2) is 10.9 Å². The van der Waals surface area contributed by atoms with Gasteiger partial charge in [0.15, 0.2) is 0 Å². The Morgan fingerprint density at radius 2 is 2.05 bits per heavy atom. The van der Waals surface area contributed by atoms with Crippen LogP contribution in [0.25, 0.3) is 10.9 Å². The lowest BCUT2D eigenvalue weighted by molar-refractivity contribution is 0.102. The van der Waals surface area contributed by atoms with Gasteiger partial charge in [-0.2, -0.15) is 0 Å². The van der Waals surface area contributed by atoms with Crippen LogP contribution in [0, 0.1) is 6.92 Å². The molecule has 1 heterocycles. The molecule has 0 saturated carbocycles. The van der Waals surface area contributed by atoms with E-state index in [1.165, 1.54) is 0 Å². The van der Waals surface area contributed by atoms with Gasteiger partial charge in [-0.3, -0.25) is 4.79 Å². The number of aryl methyl sites for hydroxylation is 1. The number of hydrogen-bond acceptors (Lipinski definition) is 1. The molecule has 2 aromatic carbocycles. The topological polar surface area (TPSA) is 44.9 Å². The molecular weight excluding hydrogens is 352 g/mol. The monoisotopic (exact) mass is 362 g/mol. The van der Waals surface area contributed by atoms with Crippen molar-refractivity contribution >= 4 is 50.0 Å². The maximum Gasteiger partial charge on any atom is 0.257 e. The number of hydrogen-bond donors (Lipinski definition) is 2. The molecule has 0 atom stereocenters. The van der Waals surface area contributed by atoms with E-state index in [0.717, 1.165) is 26.6 Å². The Morgan fingerprint density at radius 1 is 1.24 bits per heavy atom. The minimum Gasteiger partial charge on any atom is -0.360 e. The van der Waals surface area contributed by atoms with Crippen molar-refractivity contribution < 1.29 is 4.79 Å². The van der Waals surface area contributed by atoms with Crippen molar-refractivity contribution in [3.05, 3.63) is 63.2 Å². The second-order valence-electron chi connectivity index (χ2n) is 4.81. The number of fused-ring (bicyclic) bond motifs is 1. The Bertz CT molecular complexity index is 841. The van der Waals surface area contributed by atoms with E-state index in [4.69, 9.17) is 11.6 Å². The fourth-order valence-corrected chi connectivity index (χ4v) is 2.70. The predicted octanol–water partition coefficient (Wildman–Crippen LogP) is 5.14. The minimum absolute atomic E-state index is 0.167. The molecule has 0 unspecified atom stereocenters. The van der Waals surface area contributed by atoms with Gasteiger partial charge in [0.2, 0.25) is 0 Å². The quantitative estimate of drug-likeness (QED) is 0.650. The molecule has 2 N–H and O–H groups in total. The highest BCUT2D eigenvalue weighted by Crippen LogP contribution is 2.25. The van der Waals surface area contributed by atoms with Gasteiger partial charge in [-0.25, -0.2) is 0 Å². The summed E-state index contributed by atoms with van der Waals surface area (Å²) < 4.78 is 0.960. The summed E-state index contributed by atoms with van der Waals surface area (Å²) in [5.74, 6) is -0.167. The van der Waals surface area contributed by atoms with Crippen molar-refractivity contribution in [1.82, 2.24) is 4.98 Å². The van der Waals surface area contributed by atoms with Crippen LogP contribution >= 0.6 is 27.5 Å². The molecule has 3 aromatic rings. The summed E-state index contributed by atoms with van der Waals surface area (Å²) in [4.78, 5) is 15.5. The van der Waals surface area contributed by atoms with Gasteiger partial charge in [0, 0.05) is 32.3 Å². The second kappa shape index (κ2) is 5.54. The summed E-state index contributed by atoms with van der Waals surface area (Å²) in [6.45, 7) is 2.00. The number of carbonyl (C=O) groups is 1. The molecular formula is C16H12BrClN2O. The van der Waals surface area contributed by atoms with Gasteiger partial charge >= 0.3 is 0 Å². The molecule has 1 amide bonds. The lowest BCUT2D eigenvalue weighted by atomic mass is 10.1. The number of H-pyrrole nitrogens is 1. The largest absolute Gasteiger partial charge is 0.360 e. The predicted molar refractivity (Wildman–Crippen MR) is 90.1 cm³/mol. The number of halogens is 2. The average molecular weight is 364 g/mol. The van der Waals surface area contributed by atoms with Crippen molar-refractivity contribution in [2.75, 3.05) is 5.32 Å². The lowest BCUT2D eigenvalue weighted by Gasteiger charge is -2.06. The smallest absolute Gasteiger partial charge is 0.257 e. The molecule has 3 nitrogen and oxygen atoms in total. The van der Waals surface area contributed by atoms with Gasteiger partial charge in [0.05, 0.1) is 5.56 Å². The molecule has 5 heteroatoms. The highest BCUT2D eigenvalue weighted by atomic mass is 79.9. The maximum absolute atomic E-state index is 12.4. The number of anilines is 1. The summed E-state index contributed by atoms with van der Waals surface area (Å²) in [5, 5.41) is 4.31. The Morgan fingerprint density at radius 3 is 2.81 bits per heavy atom. The van der Waals surface area contributed by atoms with E-state index in [2.05, 4.69) is 26.2 Å². The number of carbonyl (C=O) groups excluding carboxylic acids is 1. The zero-order valence-corrected chi connectivity index (χ0v) is 13.5. The van der Waals surface area contributed by atoms with Crippen LogP contribution in [0.4, 0.5) is 5.69 Å². The molecule has 0 bridgehead atoms. The van der Waals surface area contributed by atoms with Gasteiger partial charge in [0.1, 0.15) is 0 Å². The van der Waals surface area contributed by atoms with E-state index >= 15 is 0 Å². The third-order valence-corrected chi connectivity index (χ3v) is 4.41. The van der Waals surface area contributed by atoms with Crippen LogP contribution in [0.15, 0.2) is 47.1 Å². The number of aromatic amines is 1. The van der Waals surface area contributed by atoms with Gasteiger partial charge in [-0.15, -0.1) is 0 Å². The molecule has 0 saturated heterocycles. The fraction of sp³-hybridized carbons (Fsp3) is 0.0625. The van der Waals surface area contributed by atoms with Gasteiger partial charge in [-0.05, 0) is 42.8 Å². The van der Waals surface area contributed by atoms with E-state index in [0.29, 0.717) is 10.6 Å². The zero-order chi connectivity index (χ0) is 15.0. The minimum atomic E-state index is -0.167. The Kier molecular flexibility index (Phi) is 3.74. The summed E-state index contributed by atoms with van der Waals surface area (Å²) in [6, 6.07) is 11.1. The van der Waals surface area contributed by atoms with E-state index in [1.807, 2.05) is 31.2 Å². The molecule has 0 fully saturated rings. The zero-order valence-electron chi connectivity index (χ0n) is 11.2. The molecule has 0 aliphatic carbocycles. The van der Waals surface area contributed by atoms with Gasteiger partial charge in [-0.1, -0.05) is 33.6 Å². The standard InChI is InChI=1S/C16H12BrClN2O/c1-9-2-4-11(7-14(9)17)20-16(21)13-8-19-15-5-3-10(18)6-12(13)15/h2-8,19H,1H3,(H,20,21). The van der Waals surface area contributed by atoms with E-state index in [1.54, 1.807) is 18.3 Å². The fourth-order valence-electron chi connectivity index (χ4n) is 2.15. The van der Waals surface area contributed by atoms with Crippen molar-refractivity contribution in [3.8, 4) is 0 Å². The second-order valence-corrected chi connectivity index (χ2v) is 6.10. The molecule has 21 heavy (non-hydrogen) atoms. The van der Waals surface area contributed by atoms with Crippen molar-refractivity contribution in [2.45, 2.75) is 6.92 Å². The van der Waals surface area contributed by atoms with Crippen LogP contribution in [0.1, 0.15) is 15.9 Å². The number of rotatable bonds is 2. The Balaban J connectivity index is 1.93. The number of nitrogens with one attached hydrogen (secondary N) is 2. The van der Waals surface area contributed by atoms with Crippen LogP contribution in [0.2, 0.25) is 5.02 Å². The summed E-state index contributed by atoms with van der Waals surface area (Å²) in [5.41, 5.74) is 3.32. The van der Waals surface area contributed by atoms with E-state index < -0.39 is 0 Å². The van der Waals surface area contributed by atoms with Gasteiger partial charge in [0.25, 0.3) is 5.91 Å². The van der Waals surface area contributed by atoms with Crippen LogP contribution in [0.5, 0.6) is 0 Å². The third kappa shape index (κ3) is 2.82. The van der Waals surface area contributed by atoms with E-state index in [-0.39, 0.29) is 5.91 Å². The van der Waals surface area contributed by atoms with Crippen LogP contribution in [-0.2, 0) is 0 Å². The summed E-state index contributed by atoms with van der Waals surface area (Å²) in [7, 11) is 0. The third-order valence-electron chi connectivity index (χ3n) is 3.32.